The van der Waals surface area contributed by atoms with Crippen molar-refractivity contribution >= 4 is 39.1 Å². The molecule has 1 amide bonds. The summed E-state index contributed by atoms with van der Waals surface area (Å²) in [7, 11) is 0. The zero-order valence-electron chi connectivity index (χ0n) is 14.7. The summed E-state index contributed by atoms with van der Waals surface area (Å²) in [5.74, 6) is 2.27. The minimum Gasteiger partial charge on any atom is -0.486 e. The Morgan fingerprint density at radius 1 is 1.14 bits per heavy atom. The zero-order valence-corrected chi connectivity index (χ0v) is 17.0. The Labute approximate surface area is 174 Å². The Bertz CT molecular complexity index is 1000. The van der Waals surface area contributed by atoms with Crippen molar-refractivity contribution in [1.82, 2.24) is 4.98 Å². The third-order valence-electron chi connectivity index (χ3n) is 4.15. The second-order valence-electron chi connectivity index (χ2n) is 6.15. The molecule has 3 aromatic rings. The number of amides is 1. The first kappa shape index (κ1) is 18.8. The van der Waals surface area contributed by atoms with Crippen molar-refractivity contribution in [2.24, 2.45) is 0 Å². The van der Waals surface area contributed by atoms with Gasteiger partial charge in [-0.1, -0.05) is 11.6 Å². The first-order chi connectivity index (χ1) is 13.6. The van der Waals surface area contributed by atoms with E-state index in [4.69, 9.17) is 25.5 Å². The predicted molar refractivity (Wildman–Crippen MR) is 109 cm³/mol. The lowest BCUT2D eigenvalue weighted by molar-refractivity contribution is -0.116. The van der Waals surface area contributed by atoms with Gasteiger partial charge in [-0.3, -0.25) is 4.79 Å². The van der Waals surface area contributed by atoms with E-state index in [1.165, 1.54) is 0 Å². The van der Waals surface area contributed by atoms with Crippen LogP contribution in [0.25, 0.3) is 11.3 Å². The number of hydrogen-bond donors (Lipinski definition) is 1. The topological polar surface area (TPSA) is 73.6 Å². The molecule has 2 aromatic carbocycles. The molecule has 0 spiro atoms. The third-order valence-corrected chi connectivity index (χ3v) is 5.06. The molecule has 6 nitrogen and oxygen atoms in total. The van der Waals surface area contributed by atoms with Crippen molar-refractivity contribution in [3.05, 3.63) is 58.0 Å². The first-order valence-electron chi connectivity index (χ1n) is 8.68. The number of carbonyl (C=O) groups is 1. The quantitative estimate of drug-likeness (QED) is 0.570. The smallest absolute Gasteiger partial charge is 0.224 e. The van der Waals surface area contributed by atoms with Gasteiger partial charge in [0, 0.05) is 40.0 Å². The number of ether oxygens (including phenoxy) is 2. The highest BCUT2D eigenvalue weighted by molar-refractivity contribution is 9.10. The molecule has 0 atom stereocenters. The van der Waals surface area contributed by atoms with Crippen LogP contribution >= 0.6 is 27.5 Å². The third kappa shape index (κ3) is 4.31. The predicted octanol–water partition coefficient (Wildman–Crippen LogP) is 5.10. The molecule has 1 aromatic heterocycles. The lowest BCUT2D eigenvalue weighted by atomic mass is 10.2. The van der Waals surface area contributed by atoms with E-state index < -0.39 is 0 Å². The molecule has 0 fully saturated rings. The van der Waals surface area contributed by atoms with Crippen molar-refractivity contribution in [2.45, 2.75) is 12.8 Å². The maximum Gasteiger partial charge on any atom is 0.224 e. The summed E-state index contributed by atoms with van der Waals surface area (Å²) >= 11 is 9.34. The second-order valence-corrected chi connectivity index (χ2v) is 7.44. The molecule has 28 heavy (non-hydrogen) atoms. The van der Waals surface area contributed by atoms with E-state index in [0.717, 1.165) is 10.0 Å². The Balaban J connectivity index is 1.37. The summed E-state index contributed by atoms with van der Waals surface area (Å²) in [4.78, 5) is 16.6. The normalized spacial score (nSPS) is 12.6. The fourth-order valence-electron chi connectivity index (χ4n) is 2.77. The van der Waals surface area contributed by atoms with Gasteiger partial charge in [-0.05, 0) is 40.2 Å². The minimum absolute atomic E-state index is 0.149. The van der Waals surface area contributed by atoms with Crippen molar-refractivity contribution < 1.29 is 18.7 Å². The van der Waals surface area contributed by atoms with Crippen molar-refractivity contribution in [1.29, 1.82) is 0 Å². The van der Waals surface area contributed by atoms with Crippen LogP contribution in [-0.4, -0.2) is 24.1 Å². The van der Waals surface area contributed by atoms with E-state index in [-0.39, 0.29) is 12.3 Å². The summed E-state index contributed by atoms with van der Waals surface area (Å²) in [6.45, 7) is 1.00. The molecule has 8 heteroatoms. The molecule has 0 saturated carbocycles. The molecule has 1 N–H and O–H groups in total. The number of fused-ring (bicyclic) bond motifs is 1. The van der Waals surface area contributed by atoms with Gasteiger partial charge in [0.05, 0.1) is 11.9 Å². The number of carbonyl (C=O) groups excluding carboxylic acids is 1. The van der Waals surface area contributed by atoms with Crippen LogP contribution in [0.15, 0.2) is 51.5 Å². The highest BCUT2D eigenvalue weighted by Crippen LogP contribution is 2.38. The van der Waals surface area contributed by atoms with Gasteiger partial charge in [-0.25, -0.2) is 4.98 Å². The van der Waals surface area contributed by atoms with Crippen molar-refractivity contribution in [2.75, 3.05) is 18.5 Å². The molecule has 1 aliphatic rings. The van der Waals surface area contributed by atoms with Crippen molar-refractivity contribution in [3.8, 4) is 22.8 Å². The van der Waals surface area contributed by atoms with Gasteiger partial charge in [0.15, 0.2) is 23.1 Å². The number of benzene rings is 2. The van der Waals surface area contributed by atoms with Crippen LogP contribution in [0.3, 0.4) is 0 Å². The maximum atomic E-state index is 12.3. The zero-order chi connectivity index (χ0) is 19.5. The molecule has 0 radical (unpaired) electrons. The molecule has 2 heterocycles. The number of hydrogen-bond acceptors (Lipinski definition) is 5. The van der Waals surface area contributed by atoms with E-state index >= 15 is 0 Å². The molecule has 144 valence electrons. The maximum absolute atomic E-state index is 12.3. The monoisotopic (exact) mass is 462 g/mol. The number of anilines is 1. The average Bonchev–Trinajstić information content (AvgIpc) is 3.16. The van der Waals surface area contributed by atoms with Crippen LogP contribution in [0, 0.1) is 0 Å². The van der Waals surface area contributed by atoms with Crippen LogP contribution < -0.4 is 14.8 Å². The Hall–Kier alpha value is -2.51. The number of nitrogens with zero attached hydrogens (tertiary/aromatic N) is 1. The van der Waals surface area contributed by atoms with Crippen LogP contribution in [-0.2, 0) is 11.2 Å². The molecular weight excluding hydrogens is 448 g/mol. The number of nitrogens with one attached hydrogen (secondary N) is 1. The van der Waals surface area contributed by atoms with Crippen LogP contribution in [0.2, 0.25) is 5.02 Å². The SMILES string of the molecule is O=C(CCc1ncc(-c2ccc(Cl)cc2)o1)Nc1cc2c(cc1Br)OCCO2. The number of aromatic nitrogens is 1. The van der Waals surface area contributed by atoms with Crippen LogP contribution in [0.1, 0.15) is 12.3 Å². The van der Waals surface area contributed by atoms with E-state index in [0.29, 0.717) is 53.5 Å². The fraction of sp³-hybridized carbons (Fsp3) is 0.200. The number of aryl methyl sites for hydroxylation is 1. The summed E-state index contributed by atoms with van der Waals surface area (Å²) in [6.07, 6.45) is 2.27. The van der Waals surface area contributed by atoms with E-state index in [1.807, 2.05) is 12.1 Å². The molecule has 0 saturated heterocycles. The Morgan fingerprint density at radius 3 is 2.61 bits per heavy atom. The Kier molecular flexibility index (Phi) is 5.54. The second kappa shape index (κ2) is 8.24. The van der Waals surface area contributed by atoms with Crippen molar-refractivity contribution in [3.63, 3.8) is 0 Å². The summed E-state index contributed by atoms with van der Waals surface area (Å²) in [5.41, 5.74) is 1.51. The molecule has 0 unspecified atom stereocenters. The summed E-state index contributed by atoms with van der Waals surface area (Å²) in [6, 6.07) is 10.8. The van der Waals surface area contributed by atoms with Gasteiger partial charge >= 0.3 is 0 Å². The van der Waals surface area contributed by atoms with Crippen LogP contribution in [0.5, 0.6) is 11.5 Å². The molecule has 0 bridgehead atoms. The number of rotatable bonds is 5. The van der Waals surface area contributed by atoms with Gasteiger partial charge < -0.3 is 19.2 Å². The molecule has 1 aliphatic heterocycles. The standard InChI is InChI=1S/C20H16BrClN2O4/c21-14-9-16-17(27-8-7-26-16)10-15(14)24-19(25)5-6-20-23-11-18(28-20)12-1-3-13(22)4-2-12/h1-4,9-11H,5-8H2,(H,24,25). The van der Waals surface area contributed by atoms with Gasteiger partial charge in [-0.2, -0.15) is 0 Å². The highest BCUT2D eigenvalue weighted by Gasteiger charge is 2.16. The largest absolute Gasteiger partial charge is 0.486 e. The van der Waals surface area contributed by atoms with Gasteiger partial charge in [-0.15, -0.1) is 0 Å². The summed E-state index contributed by atoms with van der Waals surface area (Å²) in [5, 5.41) is 3.53. The van der Waals surface area contributed by atoms with Gasteiger partial charge in [0.2, 0.25) is 5.91 Å². The van der Waals surface area contributed by atoms with E-state index in [9.17, 15) is 4.79 Å². The van der Waals surface area contributed by atoms with Crippen LogP contribution in [0.4, 0.5) is 5.69 Å². The molecular formula is C20H16BrClN2O4. The minimum atomic E-state index is -0.149. The van der Waals surface area contributed by atoms with Gasteiger partial charge in [0.1, 0.15) is 13.2 Å². The fourth-order valence-corrected chi connectivity index (χ4v) is 3.31. The lowest BCUT2D eigenvalue weighted by Crippen LogP contribution is -2.17. The van der Waals surface area contributed by atoms with E-state index in [2.05, 4.69) is 26.2 Å². The van der Waals surface area contributed by atoms with Gasteiger partial charge in [0.25, 0.3) is 0 Å². The van der Waals surface area contributed by atoms with E-state index in [1.54, 1.807) is 30.5 Å². The number of halogens is 2. The first-order valence-corrected chi connectivity index (χ1v) is 9.85. The molecule has 0 aliphatic carbocycles. The highest BCUT2D eigenvalue weighted by atomic mass is 79.9. The lowest BCUT2D eigenvalue weighted by Gasteiger charge is -2.20. The average molecular weight is 464 g/mol. The molecule has 4 rings (SSSR count). The summed E-state index contributed by atoms with van der Waals surface area (Å²) < 4.78 is 17.5. The Morgan fingerprint density at radius 2 is 1.86 bits per heavy atom. The number of oxazole rings is 1.